The zero-order chi connectivity index (χ0) is 24.4. The number of pyridine rings is 1. The average molecular weight is 463 g/mol. The van der Waals surface area contributed by atoms with Gasteiger partial charge in [-0.3, -0.25) is 9.78 Å². The highest BCUT2D eigenvalue weighted by molar-refractivity contribution is 5.88. The number of carbonyl (C=O) groups excluding carboxylic acids is 1. The number of aryl methyl sites for hydroxylation is 1. The summed E-state index contributed by atoms with van der Waals surface area (Å²) < 4.78 is 5.26. The van der Waals surface area contributed by atoms with E-state index in [0.717, 1.165) is 44.3 Å². The van der Waals surface area contributed by atoms with Gasteiger partial charge in [0.05, 0.1) is 7.11 Å². The van der Waals surface area contributed by atoms with Crippen LogP contribution < -0.4 is 10.1 Å². The first-order valence-corrected chi connectivity index (χ1v) is 12.8. The lowest BCUT2D eigenvalue weighted by molar-refractivity contribution is -0.117. The highest BCUT2D eigenvalue weighted by atomic mass is 16.5. The van der Waals surface area contributed by atoms with Crippen LogP contribution in [0.4, 0.5) is 0 Å². The Morgan fingerprint density at radius 1 is 1.06 bits per heavy atom. The Balaban J connectivity index is 1.67. The third kappa shape index (κ3) is 11.3. The molecular formula is C30H42N2O2. The number of hydrogen-bond donors (Lipinski definition) is 1. The van der Waals surface area contributed by atoms with Gasteiger partial charge < -0.3 is 10.1 Å². The van der Waals surface area contributed by atoms with Gasteiger partial charge in [-0.05, 0) is 73.9 Å². The lowest BCUT2D eigenvalue weighted by atomic mass is 9.99. The number of unbranched alkanes of at least 4 members (excludes halogenated alkanes) is 5. The first-order valence-electron chi connectivity index (χ1n) is 12.8. The molecule has 2 rings (SSSR count). The van der Waals surface area contributed by atoms with Crippen LogP contribution in [0.2, 0.25) is 0 Å². The Morgan fingerprint density at radius 3 is 2.53 bits per heavy atom. The molecule has 1 N–H and O–H groups in total. The van der Waals surface area contributed by atoms with Gasteiger partial charge in [-0.2, -0.15) is 0 Å². The van der Waals surface area contributed by atoms with E-state index in [4.69, 9.17) is 4.74 Å². The van der Waals surface area contributed by atoms with E-state index >= 15 is 0 Å². The second-order valence-electron chi connectivity index (χ2n) is 8.96. The summed E-state index contributed by atoms with van der Waals surface area (Å²) in [5.74, 6) is 0.831. The van der Waals surface area contributed by atoms with E-state index in [2.05, 4.69) is 48.4 Å². The predicted molar refractivity (Wildman–Crippen MR) is 143 cm³/mol. The van der Waals surface area contributed by atoms with Gasteiger partial charge in [-0.25, -0.2) is 0 Å². The van der Waals surface area contributed by atoms with Crippen molar-refractivity contribution in [3.63, 3.8) is 0 Å². The number of rotatable bonds is 16. The van der Waals surface area contributed by atoms with Crippen LogP contribution in [0.25, 0.3) is 5.57 Å². The lowest BCUT2D eigenvalue weighted by Crippen LogP contribution is -2.30. The summed E-state index contributed by atoms with van der Waals surface area (Å²) in [6.07, 6.45) is 20.8. The van der Waals surface area contributed by atoms with Crippen molar-refractivity contribution in [2.45, 2.75) is 84.1 Å². The second-order valence-corrected chi connectivity index (χ2v) is 8.96. The van der Waals surface area contributed by atoms with Crippen LogP contribution in [0, 0.1) is 0 Å². The van der Waals surface area contributed by atoms with Crippen molar-refractivity contribution in [2.75, 3.05) is 7.11 Å². The fourth-order valence-corrected chi connectivity index (χ4v) is 3.97. The van der Waals surface area contributed by atoms with Crippen LogP contribution in [-0.2, 0) is 11.2 Å². The van der Waals surface area contributed by atoms with Gasteiger partial charge in [-0.15, -0.1) is 0 Å². The average Bonchev–Trinajstić information content (AvgIpc) is 2.86. The molecule has 0 radical (unpaired) electrons. The summed E-state index contributed by atoms with van der Waals surface area (Å²) >= 11 is 0. The number of methoxy groups -OCH3 is 1. The number of nitrogens with zero attached hydrogens (tertiary/aromatic N) is 1. The van der Waals surface area contributed by atoms with Gasteiger partial charge in [0, 0.05) is 24.5 Å². The molecule has 0 unspecified atom stereocenters. The normalized spacial score (nSPS) is 12.6. The molecule has 1 aromatic heterocycles. The van der Waals surface area contributed by atoms with E-state index in [0.29, 0.717) is 0 Å². The van der Waals surface area contributed by atoms with Gasteiger partial charge in [-0.1, -0.05) is 69.4 Å². The molecule has 0 fully saturated rings. The van der Waals surface area contributed by atoms with Crippen LogP contribution in [0.15, 0.2) is 67.0 Å². The maximum absolute atomic E-state index is 12.3. The van der Waals surface area contributed by atoms with Gasteiger partial charge in [0.15, 0.2) is 0 Å². The zero-order valence-corrected chi connectivity index (χ0v) is 21.3. The molecule has 184 valence electrons. The number of allylic oxidation sites excluding steroid dienone is 3. The molecule has 1 aromatic carbocycles. The maximum atomic E-state index is 12.3. The van der Waals surface area contributed by atoms with Crippen LogP contribution in [-0.4, -0.2) is 24.0 Å². The first kappa shape index (κ1) is 27.4. The standard InChI is InChI=1S/C30H42N2O2/c1-4-5-16-27(28-19-21-29(34-3)22-20-28)17-11-18-30(33)32-25(2)13-9-7-6-8-10-14-26-15-12-23-31-24-26/h11-12,15,17-25H,4-10,13-14,16H2,1-3H3,(H,32,33)/t25-/m1/s1. The van der Waals surface area contributed by atoms with Crippen molar-refractivity contribution in [1.29, 1.82) is 0 Å². The third-order valence-electron chi connectivity index (χ3n) is 6.02. The smallest absolute Gasteiger partial charge is 0.244 e. The Bertz CT molecular complexity index is 872. The van der Waals surface area contributed by atoms with Crippen molar-refractivity contribution in [1.82, 2.24) is 10.3 Å². The summed E-state index contributed by atoms with van der Waals surface area (Å²) in [7, 11) is 1.68. The second kappa shape index (κ2) is 16.7. The fraction of sp³-hybridized carbons (Fsp3) is 0.467. The predicted octanol–water partition coefficient (Wildman–Crippen LogP) is 7.31. The van der Waals surface area contributed by atoms with Gasteiger partial charge in [0.1, 0.15) is 5.75 Å². The summed E-state index contributed by atoms with van der Waals surface area (Å²) in [4.78, 5) is 16.5. The Hall–Kier alpha value is -2.88. The molecule has 0 bridgehead atoms. The number of ether oxygens (including phenoxy) is 1. The van der Waals surface area contributed by atoms with Gasteiger partial charge in [0.25, 0.3) is 0 Å². The van der Waals surface area contributed by atoms with Crippen molar-refractivity contribution in [3.8, 4) is 5.75 Å². The summed E-state index contributed by atoms with van der Waals surface area (Å²) in [6, 6.07) is 12.5. The maximum Gasteiger partial charge on any atom is 0.244 e. The quantitative estimate of drug-likeness (QED) is 0.162. The topological polar surface area (TPSA) is 51.2 Å². The lowest BCUT2D eigenvalue weighted by Gasteiger charge is -2.12. The van der Waals surface area contributed by atoms with Gasteiger partial charge in [0.2, 0.25) is 5.91 Å². The molecule has 4 heteroatoms. The van der Waals surface area contributed by atoms with Crippen LogP contribution in [0.5, 0.6) is 5.75 Å². The summed E-state index contributed by atoms with van der Waals surface area (Å²) in [5.41, 5.74) is 3.74. The molecule has 1 amide bonds. The zero-order valence-electron chi connectivity index (χ0n) is 21.3. The molecule has 0 aliphatic carbocycles. The van der Waals surface area contributed by atoms with E-state index in [9.17, 15) is 4.79 Å². The minimum Gasteiger partial charge on any atom is -0.497 e. The molecule has 0 aliphatic rings. The number of hydrogen-bond acceptors (Lipinski definition) is 3. The minimum atomic E-state index is -0.0233. The molecule has 0 saturated carbocycles. The van der Waals surface area contributed by atoms with Crippen LogP contribution >= 0.6 is 0 Å². The van der Waals surface area contributed by atoms with Crippen LogP contribution in [0.1, 0.15) is 82.8 Å². The molecule has 1 atom stereocenters. The van der Waals surface area contributed by atoms with Crippen molar-refractivity contribution >= 4 is 11.5 Å². The molecule has 1 heterocycles. The summed E-state index contributed by atoms with van der Waals surface area (Å²) in [6.45, 7) is 4.28. The number of nitrogens with one attached hydrogen (secondary N) is 1. The van der Waals surface area contributed by atoms with E-state index < -0.39 is 0 Å². The Kier molecular flexibility index (Phi) is 13.4. The van der Waals surface area contributed by atoms with Gasteiger partial charge >= 0.3 is 0 Å². The van der Waals surface area contributed by atoms with E-state index in [1.54, 1.807) is 13.2 Å². The molecule has 0 spiro atoms. The number of aromatic nitrogens is 1. The fourth-order valence-electron chi connectivity index (χ4n) is 3.97. The molecule has 4 nitrogen and oxygen atoms in total. The Labute approximate surface area is 206 Å². The van der Waals surface area contributed by atoms with E-state index in [1.807, 2.05) is 36.7 Å². The molecule has 2 aromatic rings. The van der Waals surface area contributed by atoms with E-state index in [1.165, 1.54) is 42.4 Å². The molecule has 34 heavy (non-hydrogen) atoms. The minimum absolute atomic E-state index is 0.0233. The van der Waals surface area contributed by atoms with Crippen LogP contribution in [0.3, 0.4) is 0 Å². The first-order chi connectivity index (χ1) is 16.6. The number of amides is 1. The molecule has 0 aliphatic heterocycles. The largest absolute Gasteiger partial charge is 0.497 e. The highest BCUT2D eigenvalue weighted by Crippen LogP contribution is 2.23. The highest BCUT2D eigenvalue weighted by Gasteiger charge is 2.05. The number of benzene rings is 1. The van der Waals surface area contributed by atoms with Crippen molar-refractivity contribution < 1.29 is 9.53 Å². The SMILES string of the molecule is CCCCC(=CC=CC(=O)N[C@H](C)CCCCCCCc1cccnc1)c1ccc(OC)cc1. The summed E-state index contributed by atoms with van der Waals surface area (Å²) in [5, 5.41) is 3.10. The molecule has 0 saturated heterocycles. The Morgan fingerprint density at radius 2 is 1.82 bits per heavy atom. The van der Waals surface area contributed by atoms with E-state index in [-0.39, 0.29) is 11.9 Å². The number of carbonyl (C=O) groups is 1. The monoisotopic (exact) mass is 462 g/mol. The third-order valence-corrected chi connectivity index (χ3v) is 6.02. The molecular weight excluding hydrogens is 420 g/mol. The van der Waals surface area contributed by atoms with Crippen molar-refractivity contribution in [2.24, 2.45) is 0 Å². The van der Waals surface area contributed by atoms with Crippen molar-refractivity contribution in [3.05, 3.63) is 78.1 Å².